The van der Waals surface area contributed by atoms with Gasteiger partial charge in [-0.05, 0) is 49.2 Å². The van der Waals surface area contributed by atoms with Gasteiger partial charge in [-0.15, -0.1) is 5.10 Å². The minimum Gasteiger partial charge on any atom is -0.497 e. The summed E-state index contributed by atoms with van der Waals surface area (Å²) in [4.78, 5) is 28.2. The summed E-state index contributed by atoms with van der Waals surface area (Å²) in [5, 5.41) is 10.9. The van der Waals surface area contributed by atoms with Crippen LogP contribution in [-0.2, 0) is 0 Å². The highest BCUT2D eigenvalue weighted by Gasteiger charge is 2.21. The third-order valence-corrected chi connectivity index (χ3v) is 4.67. The summed E-state index contributed by atoms with van der Waals surface area (Å²) in [6, 6.07) is 12.7. The molecule has 8 heteroatoms. The van der Waals surface area contributed by atoms with Crippen molar-refractivity contribution >= 4 is 22.5 Å². The fraction of sp³-hybridized carbons (Fsp3) is 0.200. The first kappa shape index (κ1) is 17.7. The number of rotatable bonds is 4. The second kappa shape index (κ2) is 6.80. The number of nitrogens with zero attached hydrogens (tertiary/aromatic N) is 3. The van der Waals surface area contributed by atoms with Crippen LogP contribution in [0.3, 0.4) is 0 Å². The molecule has 0 aliphatic rings. The normalized spacial score (nSPS) is 12.2. The van der Waals surface area contributed by atoms with Crippen LogP contribution in [0.1, 0.15) is 34.6 Å². The molecule has 1 amide bonds. The van der Waals surface area contributed by atoms with E-state index in [1.165, 1.54) is 4.52 Å². The number of aromatic amines is 1. The highest BCUT2D eigenvalue weighted by atomic mass is 16.5. The van der Waals surface area contributed by atoms with Crippen molar-refractivity contribution in [3.05, 3.63) is 69.6 Å². The Labute approximate surface area is 160 Å². The minimum absolute atomic E-state index is 0.0153. The average Bonchev–Trinajstić information content (AvgIpc) is 3.14. The van der Waals surface area contributed by atoms with Gasteiger partial charge in [-0.1, -0.05) is 23.4 Å². The number of amides is 1. The summed E-state index contributed by atoms with van der Waals surface area (Å²) in [7, 11) is 1.59. The van der Waals surface area contributed by atoms with Crippen molar-refractivity contribution in [1.29, 1.82) is 0 Å². The van der Waals surface area contributed by atoms with E-state index in [1.54, 1.807) is 7.11 Å². The maximum atomic E-state index is 12.8. The van der Waals surface area contributed by atoms with Gasteiger partial charge < -0.3 is 15.0 Å². The molecule has 0 radical (unpaired) electrons. The number of hydrogen-bond donors (Lipinski definition) is 2. The van der Waals surface area contributed by atoms with Gasteiger partial charge in [0.1, 0.15) is 5.75 Å². The molecule has 2 aromatic heterocycles. The maximum absolute atomic E-state index is 12.8. The zero-order valence-electron chi connectivity index (χ0n) is 15.7. The Morgan fingerprint density at radius 3 is 2.86 bits per heavy atom. The summed E-state index contributed by atoms with van der Waals surface area (Å²) in [5.41, 5.74) is 2.88. The van der Waals surface area contributed by atoms with Crippen molar-refractivity contribution in [2.45, 2.75) is 19.9 Å². The van der Waals surface area contributed by atoms with Crippen molar-refractivity contribution in [1.82, 2.24) is 25.1 Å². The zero-order valence-corrected chi connectivity index (χ0v) is 15.7. The summed E-state index contributed by atoms with van der Waals surface area (Å²) >= 11 is 0. The number of H-pyrrole nitrogens is 1. The number of fused-ring (bicyclic) bond motifs is 3. The van der Waals surface area contributed by atoms with Crippen LogP contribution in [0.25, 0.3) is 16.6 Å². The molecule has 1 unspecified atom stereocenters. The number of aryl methyl sites for hydroxylation is 1. The van der Waals surface area contributed by atoms with Crippen LogP contribution in [-0.4, -0.2) is 32.8 Å². The molecule has 4 aromatic rings. The van der Waals surface area contributed by atoms with Gasteiger partial charge in [0.25, 0.3) is 11.5 Å². The lowest BCUT2D eigenvalue weighted by Crippen LogP contribution is -2.28. The molecule has 0 bridgehead atoms. The Balaban J connectivity index is 1.71. The summed E-state index contributed by atoms with van der Waals surface area (Å²) in [5.74, 6) is 0.230. The number of carbonyl (C=O) groups excluding carboxylic acids is 1. The molecule has 0 fully saturated rings. The smallest absolute Gasteiger partial charge is 0.277 e. The highest BCUT2D eigenvalue weighted by molar-refractivity contribution is 5.99. The molecule has 28 heavy (non-hydrogen) atoms. The van der Waals surface area contributed by atoms with Crippen LogP contribution in [0.4, 0.5) is 0 Å². The molecule has 0 aliphatic carbocycles. The van der Waals surface area contributed by atoms with Gasteiger partial charge in [0.05, 0.1) is 24.2 Å². The van der Waals surface area contributed by atoms with Gasteiger partial charge >= 0.3 is 0 Å². The molecule has 1 atom stereocenters. The monoisotopic (exact) mass is 377 g/mol. The van der Waals surface area contributed by atoms with Gasteiger partial charge in [0, 0.05) is 0 Å². The van der Waals surface area contributed by atoms with Gasteiger partial charge in [0.15, 0.2) is 11.2 Å². The second-order valence-corrected chi connectivity index (χ2v) is 6.64. The predicted octanol–water partition coefficient (Wildman–Crippen LogP) is 2.38. The topological polar surface area (TPSA) is 101 Å². The Hall–Kier alpha value is -3.68. The standard InChI is InChI=1S/C20H19N5O3/c1-11-7-8-16-15(9-11)22-20(27)18-17(23-24-25(16)18)19(26)21-12(2)13-5-4-6-14(10-13)28-3/h4-10,12H,1-3H3,(H,21,26)(H,22,27). The van der Waals surface area contributed by atoms with E-state index in [9.17, 15) is 9.59 Å². The van der Waals surface area contributed by atoms with Gasteiger partial charge in [-0.3, -0.25) is 9.59 Å². The molecule has 0 aliphatic heterocycles. The number of benzene rings is 2. The molecule has 2 N–H and O–H groups in total. The molecule has 142 valence electrons. The predicted molar refractivity (Wildman–Crippen MR) is 105 cm³/mol. The Morgan fingerprint density at radius 1 is 1.25 bits per heavy atom. The fourth-order valence-electron chi connectivity index (χ4n) is 3.18. The van der Waals surface area contributed by atoms with E-state index in [1.807, 2.05) is 56.3 Å². The molecular weight excluding hydrogens is 358 g/mol. The lowest BCUT2D eigenvalue weighted by atomic mass is 10.1. The largest absolute Gasteiger partial charge is 0.497 e. The number of aromatic nitrogens is 4. The Bertz CT molecular complexity index is 1260. The van der Waals surface area contributed by atoms with Gasteiger partial charge in [0.2, 0.25) is 0 Å². The van der Waals surface area contributed by atoms with E-state index in [4.69, 9.17) is 4.74 Å². The summed E-state index contributed by atoms with van der Waals surface area (Å²) in [6.45, 7) is 3.78. The average molecular weight is 377 g/mol. The molecule has 2 heterocycles. The molecule has 0 saturated heterocycles. The van der Waals surface area contributed by atoms with E-state index < -0.39 is 11.5 Å². The summed E-state index contributed by atoms with van der Waals surface area (Å²) < 4.78 is 6.62. The third kappa shape index (κ3) is 2.98. The van der Waals surface area contributed by atoms with E-state index in [2.05, 4.69) is 20.6 Å². The van der Waals surface area contributed by atoms with E-state index >= 15 is 0 Å². The van der Waals surface area contributed by atoms with Crippen molar-refractivity contribution in [2.24, 2.45) is 0 Å². The van der Waals surface area contributed by atoms with Crippen LogP contribution >= 0.6 is 0 Å². The van der Waals surface area contributed by atoms with Crippen LogP contribution < -0.4 is 15.6 Å². The van der Waals surface area contributed by atoms with E-state index in [0.29, 0.717) is 16.8 Å². The Kier molecular flexibility index (Phi) is 4.31. The van der Waals surface area contributed by atoms with Crippen molar-refractivity contribution < 1.29 is 9.53 Å². The fourth-order valence-corrected chi connectivity index (χ4v) is 3.18. The van der Waals surface area contributed by atoms with Crippen LogP contribution in [0.2, 0.25) is 0 Å². The zero-order chi connectivity index (χ0) is 19.8. The van der Waals surface area contributed by atoms with Crippen molar-refractivity contribution in [3.8, 4) is 5.75 Å². The highest BCUT2D eigenvalue weighted by Crippen LogP contribution is 2.20. The first-order valence-corrected chi connectivity index (χ1v) is 8.81. The molecule has 2 aromatic carbocycles. The molecule has 0 saturated carbocycles. The van der Waals surface area contributed by atoms with Crippen LogP contribution in [0.15, 0.2) is 47.3 Å². The van der Waals surface area contributed by atoms with Gasteiger partial charge in [-0.2, -0.15) is 0 Å². The molecule has 4 rings (SSSR count). The lowest BCUT2D eigenvalue weighted by Gasteiger charge is -2.14. The van der Waals surface area contributed by atoms with Crippen molar-refractivity contribution in [3.63, 3.8) is 0 Å². The van der Waals surface area contributed by atoms with Crippen molar-refractivity contribution in [2.75, 3.05) is 7.11 Å². The maximum Gasteiger partial charge on any atom is 0.277 e. The van der Waals surface area contributed by atoms with E-state index in [0.717, 1.165) is 11.1 Å². The second-order valence-electron chi connectivity index (χ2n) is 6.64. The van der Waals surface area contributed by atoms with E-state index in [-0.39, 0.29) is 17.3 Å². The number of methoxy groups -OCH3 is 1. The van der Waals surface area contributed by atoms with Crippen LogP contribution in [0.5, 0.6) is 5.75 Å². The molecular formula is C20H19N5O3. The SMILES string of the molecule is COc1cccc(C(C)NC(=O)c2nnn3c2c(=O)[nH]c2cc(C)ccc23)c1. The lowest BCUT2D eigenvalue weighted by molar-refractivity contribution is 0.0936. The third-order valence-electron chi connectivity index (χ3n) is 4.67. The molecule has 0 spiro atoms. The van der Waals surface area contributed by atoms with Crippen LogP contribution in [0, 0.1) is 6.92 Å². The van der Waals surface area contributed by atoms with Gasteiger partial charge in [-0.25, -0.2) is 4.52 Å². The number of hydrogen-bond acceptors (Lipinski definition) is 5. The molecule has 8 nitrogen and oxygen atoms in total. The number of nitrogens with one attached hydrogen (secondary N) is 2. The summed E-state index contributed by atoms with van der Waals surface area (Å²) in [6.07, 6.45) is 0. The number of carbonyl (C=O) groups is 1. The quantitative estimate of drug-likeness (QED) is 0.569. The Morgan fingerprint density at radius 2 is 2.07 bits per heavy atom. The minimum atomic E-state index is -0.470. The first-order valence-electron chi connectivity index (χ1n) is 8.81. The number of ether oxygens (including phenoxy) is 1. The first-order chi connectivity index (χ1) is 13.5.